The molecule has 0 spiro atoms. The summed E-state index contributed by atoms with van der Waals surface area (Å²) in [5.41, 5.74) is 8.73. The standard InChI is InChI=1S/C24H21N5O3/c1-15-20(22(25)30)21(29-24(26-15)27-23(28-29)19-8-5-13-31-19)17-9-11-18(12-10-17)32-14-16-6-3-2-4-7-16/h2-13,21H,14H2,1H3,(H2,25,30)(H,26,27,28). The van der Waals surface area contributed by atoms with Crippen LogP contribution in [0.4, 0.5) is 5.95 Å². The van der Waals surface area contributed by atoms with Gasteiger partial charge in [0.15, 0.2) is 5.76 Å². The van der Waals surface area contributed by atoms with Crippen molar-refractivity contribution in [3.05, 3.63) is 95.4 Å². The second-order valence-electron chi connectivity index (χ2n) is 7.45. The number of nitrogens with zero attached hydrogens (tertiary/aromatic N) is 3. The maximum absolute atomic E-state index is 12.3. The maximum atomic E-state index is 12.3. The molecule has 4 aromatic rings. The first-order valence-corrected chi connectivity index (χ1v) is 10.1. The Morgan fingerprint density at radius 2 is 1.91 bits per heavy atom. The summed E-state index contributed by atoms with van der Waals surface area (Å²) in [6, 6.07) is 20.5. The number of carbonyl (C=O) groups is 1. The quantitative estimate of drug-likeness (QED) is 0.483. The Hall–Kier alpha value is -4.33. The van der Waals surface area contributed by atoms with Gasteiger partial charge < -0.3 is 20.2 Å². The van der Waals surface area contributed by atoms with E-state index in [1.54, 1.807) is 30.0 Å². The smallest absolute Gasteiger partial charge is 0.248 e. The minimum absolute atomic E-state index is 0.420. The summed E-state index contributed by atoms with van der Waals surface area (Å²) in [7, 11) is 0. The number of nitrogens with two attached hydrogens (primary N) is 1. The summed E-state index contributed by atoms with van der Waals surface area (Å²) >= 11 is 0. The van der Waals surface area contributed by atoms with Gasteiger partial charge in [0.1, 0.15) is 18.4 Å². The van der Waals surface area contributed by atoms with Gasteiger partial charge >= 0.3 is 0 Å². The molecule has 32 heavy (non-hydrogen) atoms. The molecule has 0 saturated carbocycles. The zero-order valence-corrected chi connectivity index (χ0v) is 17.4. The van der Waals surface area contributed by atoms with E-state index >= 15 is 0 Å². The van der Waals surface area contributed by atoms with E-state index in [9.17, 15) is 4.79 Å². The van der Waals surface area contributed by atoms with E-state index in [-0.39, 0.29) is 0 Å². The van der Waals surface area contributed by atoms with Gasteiger partial charge in [-0.25, -0.2) is 4.68 Å². The van der Waals surface area contributed by atoms with Crippen molar-refractivity contribution in [2.45, 2.75) is 19.6 Å². The van der Waals surface area contributed by atoms with Crippen LogP contribution in [0.15, 0.2) is 88.7 Å². The van der Waals surface area contributed by atoms with Crippen molar-refractivity contribution in [1.29, 1.82) is 0 Å². The zero-order chi connectivity index (χ0) is 22.1. The molecular formula is C24H21N5O3. The number of fused-ring (bicyclic) bond motifs is 1. The minimum Gasteiger partial charge on any atom is -0.489 e. The number of furan rings is 1. The molecule has 1 unspecified atom stereocenters. The molecule has 1 aliphatic heterocycles. The van der Waals surface area contributed by atoms with Crippen LogP contribution in [0.3, 0.4) is 0 Å². The van der Waals surface area contributed by atoms with Crippen molar-refractivity contribution >= 4 is 11.9 Å². The van der Waals surface area contributed by atoms with E-state index in [0.717, 1.165) is 16.9 Å². The van der Waals surface area contributed by atoms with Gasteiger partial charge in [0, 0.05) is 5.70 Å². The molecule has 0 aliphatic carbocycles. The third-order valence-electron chi connectivity index (χ3n) is 5.30. The molecule has 0 fully saturated rings. The Labute approximate surface area is 184 Å². The minimum atomic E-state index is -0.525. The maximum Gasteiger partial charge on any atom is 0.248 e. The molecule has 3 N–H and O–H groups in total. The highest BCUT2D eigenvalue weighted by atomic mass is 16.5. The molecule has 2 aromatic heterocycles. The number of hydrogen-bond donors (Lipinski definition) is 2. The summed E-state index contributed by atoms with van der Waals surface area (Å²) < 4.78 is 13.0. The van der Waals surface area contributed by atoms with Crippen molar-refractivity contribution in [1.82, 2.24) is 14.8 Å². The molecule has 0 bridgehead atoms. The monoisotopic (exact) mass is 427 g/mol. The lowest BCUT2D eigenvalue weighted by Crippen LogP contribution is -2.31. The molecular weight excluding hydrogens is 406 g/mol. The van der Waals surface area contributed by atoms with Crippen molar-refractivity contribution in [2.75, 3.05) is 5.32 Å². The van der Waals surface area contributed by atoms with Crippen LogP contribution >= 0.6 is 0 Å². The van der Waals surface area contributed by atoms with Crippen molar-refractivity contribution in [3.63, 3.8) is 0 Å². The second kappa shape index (κ2) is 8.07. The molecule has 0 saturated heterocycles. The van der Waals surface area contributed by atoms with Gasteiger partial charge in [-0.2, -0.15) is 4.98 Å². The van der Waals surface area contributed by atoms with Gasteiger partial charge in [-0.1, -0.05) is 42.5 Å². The number of carbonyl (C=O) groups excluding carboxylic acids is 1. The first-order chi connectivity index (χ1) is 15.6. The van der Waals surface area contributed by atoms with Crippen LogP contribution in [0.5, 0.6) is 5.75 Å². The average Bonchev–Trinajstić information content (AvgIpc) is 3.47. The number of nitrogens with one attached hydrogen (secondary N) is 1. The Morgan fingerprint density at radius 1 is 1.12 bits per heavy atom. The zero-order valence-electron chi connectivity index (χ0n) is 17.4. The van der Waals surface area contributed by atoms with Crippen LogP contribution in [0.25, 0.3) is 11.6 Å². The number of amides is 1. The Balaban J connectivity index is 1.47. The van der Waals surface area contributed by atoms with Gasteiger partial charge in [-0.3, -0.25) is 4.79 Å². The Morgan fingerprint density at radius 3 is 2.59 bits per heavy atom. The van der Waals surface area contributed by atoms with E-state index in [0.29, 0.717) is 35.4 Å². The highest BCUT2D eigenvalue weighted by Gasteiger charge is 2.33. The van der Waals surface area contributed by atoms with Gasteiger partial charge in [0.2, 0.25) is 17.7 Å². The predicted molar refractivity (Wildman–Crippen MR) is 119 cm³/mol. The molecule has 0 radical (unpaired) electrons. The fourth-order valence-electron chi connectivity index (χ4n) is 3.78. The van der Waals surface area contributed by atoms with Gasteiger partial charge in [-0.15, -0.1) is 5.10 Å². The van der Waals surface area contributed by atoms with Crippen LogP contribution < -0.4 is 15.8 Å². The summed E-state index contributed by atoms with van der Waals surface area (Å²) in [6.45, 7) is 2.27. The van der Waals surface area contributed by atoms with Crippen LogP contribution in [-0.4, -0.2) is 20.7 Å². The molecule has 160 valence electrons. The third kappa shape index (κ3) is 3.62. The number of benzene rings is 2. The van der Waals surface area contributed by atoms with Gasteiger partial charge in [0.05, 0.1) is 11.8 Å². The summed E-state index contributed by atoms with van der Waals surface area (Å²) in [5.74, 6) is 1.67. The van der Waals surface area contributed by atoms with E-state index in [1.807, 2.05) is 54.6 Å². The largest absolute Gasteiger partial charge is 0.489 e. The molecule has 5 rings (SSSR count). The molecule has 8 nitrogen and oxygen atoms in total. The molecule has 1 aliphatic rings. The van der Waals surface area contributed by atoms with Crippen molar-refractivity contribution < 1.29 is 13.9 Å². The van der Waals surface area contributed by atoms with Crippen molar-refractivity contribution in [3.8, 4) is 17.3 Å². The normalized spacial score (nSPS) is 15.2. The third-order valence-corrected chi connectivity index (χ3v) is 5.30. The van der Waals surface area contributed by atoms with Crippen LogP contribution in [0.2, 0.25) is 0 Å². The summed E-state index contributed by atoms with van der Waals surface area (Å²) in [4.78, 5) is 16.9. The lowest BCUT2D eigenvalue weighted by atomic mass is 9.95. The van der Waals surface area contributed by atoms with Crippen molar-refractivity contribution in [2.24, 2.45) is 5.73 Å². The fourth-order valence-corrected chi connectivity index (χ4v) is 3.78. The number of aromatic nitrogens is 3. The first-order valence-electron chi connectivity index (χ1n) is 10.1. The van der Waals surface area contributed by atoms with Crippen LogP contribution in [0, 0.1) is 0 Å². The topological polar surface area (TPSA) is 108 Å². The highest BCUT2D eigenvalue weighted by Crippen LogP contribution is 2.36. The van der Waals surface area contributed by atoms with E-state index in [4.69, 9.17) is 14.9 Å². The Bertz CT molecular complexity index is 1280. The molecule has 1 amide bonds. The lowest BCUT2D eigenvalue weighted by Gasteiger charge is -2.27. The number of ether oxygens (including phenoxy) is 1. The Kier molecular flexibility index (Phi) is 4.95. The fraction of sp³-hybridized carbons (Fsp3) is 0.125. The predicted octanol–water partition coefficient (Wildman–Crippen LogP) is 3.89. The number of rotatable bonds is 6. The van der Waals surface area contributed by atoms with Gasteiger partial charge in [-0.05, 0) is 42.3 Å². The number of allylic oxidation sites excluding steroid dienone is 1. The average molecular weight is 427 g/mol. The first kappa shape index (κ1) is 19.6. The summed E-state index contributed by atoms with van der Waals surface area (Å²) in [6.07, 6.45) is 1.56. The van der Waals surface area contributed by atoms with Crippen LogP contribution in [-0.2, 0) is 11.4 Å². The van der Waals surface area contributed by atoms with E-state index in [1.165, 1.54) is 0 Å². The second-order valence-corrected chi connectivity index (χ2v) is 7.45. The molecule has 1 atom stereocenters. The lowest BCUT2D eigenvalue weighted by molar-refractivity contribution is -0.115. The highest BCUT2D eigenvalue weighted by molar-refractivity contribution is 5.95. The SMILES string of the molecule is CC1=C(C(N)=O)C(c2ccc(OCc3ccccc3)cc2)n2nc(-c3ccco3)nc2N1. The van der Waals surface area contributed by atoms with E-state index in [2.05, 4.69) is 15.4 Å². The molecule has 2 aromatic carbocycles. The number of hydrogen-bond acceptors (Lipinski definition) is 6. The van der Waals surface area contributed by atoms with Crippen LogP contribution in [0.1, 0.15) is 24.1 Å². The molecule has 3 heterocycles. The van der Waals surface area contributed by atoms with Gasteiger partial charge in [0.25, 0.3) is 0 Å². The summed E-state index contributed by atoms with van der Waals surface area (Å²) in [5, 5.41) is 7.72. The number of anilines is 1. The molecule has 8 heteroatoms. The number of primary amides is 1. The van der Waals surface area contributed by atoms with E-state index < -0.39 is 11.9 Å².